The topological polar surface area (TPSA) is 26.3 Å². The van der Waals surface area contributed by atoms with E-state index in [0.29, 0.717) is 0 Å². The summed E-state index contributed by atoms with van der Waals surface area (Å²) in [5, 5.41) is 0. The van der Waals surface area contributed by atoms with Crippen LogP contribution in [0, 0.1) is 0 Å². The number of carbonyl (C=O) groups excluding carboxylic acids is 1. The molecule has 2 rings (SSSR count). The Morgan fingerprint density at radius 3 is 1.84 bits per heavy atom. The molecule has 0 amide bonds. The van der Waals surface area contributed by atoms with Crippen LogP contribution >= 0.6 is 0 Å². The van der Waals surface area contributed by atoms with Crippen LogP contribution in [0.4, 0.5) is 0 Å². The Morgan fingerprint density at radius 1 is 0.895 bits per heavy atom. The van der Waals surface area contributed by atoms with Crippen molar-refractivity contribution in [1.29, 1.82) is 0 Å². The second kappa shape index (κ2) is 6.19. The average molecular weight is 254 g/mol. The normalized spacial score (nSPS) is 13.6. The van der Waals surface area contributed by atoms with E-state index in [9.17, 15) is 4.79 Å². The van der Waals surface area contributed by atoms with E-state index in [1.807, 2.05) is 48.5 Å². The van der Waals surface area contributed by atoms with E-state index in [4.69, 9.17) is 4.74 Å². The predicted molar refractivity (Wildman–Crippen MR) is 75.8 cm³/mol. The number of esters is 1. The summed E-state index contributed by atoms with van der Waals surface area (Å²) < 4.78 is 5.51. The van der Waals surface area contributed by atoms with Gasteiger partial charge < -0.3 is 4.74 Å². The van der Waals surface area contributed by atoms with E-state index in [1.54, 1.807) is 0 Å². The van der Waals surface area contributed by atoms with Crippen LogP contribution in [0.3, 0.4) is 0 Å². The van der Waals surface area contributed by atoms with Gasteiger partial charge in [-0.2, -0.15) is 0 Å². The maximum Gasteiger partial charge on any atom is 0.303 e. The smallest absolute Gasteiger partial charge is 0.303 e. The summed E-state index contributed by atoms with van der Waals surface area (Å²) >= 11 is 0. The largest absolute Gasteiger partial charge is 0.457 e. The molecule has 0 aliphatic rings. The van der Waals surface area contributed by atoms with Gasteiger partial charge in [-0.25, -0.2) is 0 Å². The Kier molecular flexibility index (Phi) is 4.35. The molecule has 0 N–H and O–H groups in total. The summed E-state index contributed by atoms with van der Waals surface area (Å²) in [6, 6.07) is 20.0. The van der Waals surface area contributed by atoms with Crippen molar-refractivity contribution in [3.05, 3.63) is 71.8 Å². The first-order valence-electron chi connectivity index (χ1n) is 6.45. The van der Waals surface area contributed by atoms with Gasteiger partial charge in [-0.1, -0.05) is 67.6 Å². The number of hydrogen-bond acceptors (Lipinski definition) is 2. The zero-order valence-electron chi connectivity index (χ0n) is 11.2. The van der Waals surface area contributed by atoms with Crippen molar-refractivity contribution in [1.82, 2.24) is 0 Å². The molecule has 0 radical (unpaired) electrons. The molecular formula is C17H18O2. The van der Waals surface area contributed by atoms with Gasteiger partial charge in [-0.3, -0.25) is 4.79 Å². The molecule has 0 heterocycles. The molecule has 2 nitrogen and oxygen atoms in total. The van der Waals surface area contributed by atoms with Crippen molar-refractivity contribution in [2.75, 3.05) is 0 Å². The van der Waals surface area contributed by atoms with Gasteiger partial charge in [0.1, 0.15) is 6.10 Å². The molecule has 2 atom stereocenters. The Labute approximate surface area is 114 Å². The fourth-order valence-corrected chi connectivity index (χ4v) is 2.21. The monoisotopic (exact) mass is 254 g/mol. The molecular weight excluding hydrogens is 236 g/mol. The van der Waals surface area contributed by atoms with E-state index < -0.39 is 0 Å². The Morgan fingerprint density at radius 2 is 1.37 bits per heavy atom. The van der Waals surface area contributed by atoms with Gasteiger partial charge in [0.2, 0.25) is 0 Å². The van der Waals surface area contributed by atoms with Crippen LogP contribution in [0.15, 0.2) is 60.7 Å². The van der Waals surface area contributed by atoms with Crippen molar-refractivity contribution >= 4 is 5.97 Å². The fourth-order valence-electron chi connectivity index (χ4n) is 2.21. The van der Waals surface area contributed by atoms with Crippen LogP contribution in [0.25, 0.3) is 0 Å². The van der Waals surface area contributed by atoms with E-state index >= 15 is 0 Å². The molecule has 0 aliphatic carbocycles. The Hall–Kier alpha value is -2.09. The predicted octanol–water partition coefficient (Wildman–Crippen LogP) is 4.09. The maximum atomic E-state index is 11.3. The third-order valence-electron chi connectivity index (χ3n) is 3.20. The standard InChI is InChI=1S/C17H18O2/c1-13(15-9-5-3-6-10-15)17(19-14(2)18)16-11-7-4-8-12-16/h3-13,17H,1-2H3/t13-,17-/m1/s1. The summed E-state index contributed by atoms with van der Waals surface area (Å²) in [6.07, 6.45) is -0.249. The number of benzene rings is 2. The minimum atomic E-state index is -0.253. The molecule has 2 aromatic carbocycles. The highest BCUT2D eigenvalue weighted by atomic mass is 16.5. The minimum absolute atomic E-state index is 0.118. The van der Waals surface area contributed by atoms with Gasteiger partial charge in [0.25, 0.3) is 0 Å². The molecule has 19 heavy (non-hydrogen) atoms. The van der Waals surface area contributed by atoms with Crippen molar-refractivity contribution in [2.24, 2.45) is 0 Å². The molecule has 98 valence electrons. The molecule has 0 saturated heterocycles. The lowest BCUT2D eigenvalue weighted by Crippen LogP contribution is -2.15. The van der Waals surface area contributed by atoms with Crippen LogP contribution in [0.1, 0.15) is 37.0 Å². The molecule has 0 aliphatic heterocycles. The SMILES string of the molecule is CC(=O)O[C@@H](c1ccccc1)[C@H](C)c1ccccc1. The number of rotatable bonds is 4. The highest BCUT2D eigenvalue weighted by Gasteiger charge is 2.23. The van der Waals surface area contributed by atoms with Gasteiger partial charge >= 0.3 is 5.97 Å². The van der Waals surface area contributed by atoms with Crippen molar-refractivity contribution in [3.8, 4) is 0 Å². The van der Waals surface area contributed by atoms with Crippen molar-refractivity contribution in [2.45, 2.75) is 25.9 Å². The summed E-state index contributed by atoms with van der Waals surface area (Å²) in [6.45, 7) is 3.53. The van der Waals surface area contributed by atoms with Crippen LogP contribution in [0.5, 0.6) is 0 Å². The second-order valence-corrected chi connectivity index (χ2v) is 4.64. The van der Waals surface area contributed by atoms with Gasteiger partial charge in [0.05, 0.1) is 0 Å². The van der Waals surface area contributed by atoms with E-state index in [1.165, 1.54) is 6.92 Å². The van der Waals surface area contributed by atoms with Crippen LogP contribution < -0.4 is 0 Å². The Bertz CT molecular complexity index is 519. The first kappa shape index (κ1) is 13.3. The fraction of sp³-hybridized carbons (Fsp3) is 0.235. The first-order chi connectivity index (χ1) is 9.18. The molecule has 0 fully saturated rings. The highest BCUT2D eigenvalue weighted by molar-refractivity contribution is 5.66. The van der Waals surface area contributed by atoms with Gasteiger partial charge in [0, 0.05) is 12.8 Å². The maximum absolute atomic E-state index is 11.3. The number of ether oxygens (including phenoxy) is 1. The van der Waals surface area contributed by atoms with Crippen LogP contribution in [0.2, 0.25) is 0 Å². The lowest BCUT2D eigenvalue weighted by atomic mass is 9.90. The molecule has 0 aromatic heterocycles. The quantitative estimate of drug-likeness (QED) is 0.768. The highest BCUT2D eigenvalue weighted by Crippen LogP contribution is 2.33. The van der Waals surface area contributed by atoms with Crippen molar-refractivity contribution < 1.29 is 9.53 Å². The summed E-state index contributed by atoms with van der Waals surface area (Å²) in [5.41, 5.74) is 2.19. The zero-order chi connectivity index (χ0) is 13.7. The Balaban J connectivity index is 2.30. The van der Waals surface area contributed by atoms with Gasteiger partial charge in [0.15, 0.2) is 0 Å². The van der Waals surface area contributed by atoms with Gasteiger partial charge in [-0.15, -0.1) is 0 Å². The first-order valence-corrected chi connectivity index (χ1v) is 6.45. The summed E-state index contributed by atoms with van der Waals surface area (Å²) in [7, 11) is 0. The van der Waals surface area contributed by atoms with E-state index in [-0.39, 0.29) is 18.0 Å². The van der Waals surface area contributed by atoms with Crippen LogP contribution in [-0.2, 0) is 9.53 Å². The molecule has 0 saturated carbocycles. The van der Waals surface area contributed by atoms with Crippen LogP contribution in [-0.4, -0.2) is 5.97 Å². The summed E-state index contributed by atoms with van der Waals surface area (Å²) in [4.78, 5) is 11.3. The third-order valence-corrected chi connectivity index (χ3v) is 3.20. The molecule has 0 unspecified atom stereocenters. The molecule has 2 aromatic rings. The number of carbonyl (C=O) groups is 1. The third kappa shape index (κ3) is 3.44. The molecule has 0 bridgehead atoms. The van der Waals surface area contributed by atoms with Crippen molar-refractivity contribution in [3.63, 3.8) is 0 Å². The second-order valence-electron chi connectivity index (χ2n) is 4.64. The lowest BCUT2D eigenvalue weighted by Gasteiger charge is -2.24. The zero-order valence-corrected chi connectivity index (χ0v) is 11.2. The van der Waals surface area contributed by atoms with E-state index in [0.717, 1.165) is 11.1 Å². The molecule has 2 heteroatoms. The summed E-state index contributed by atoms with van der Waals surface area (Å²) in [5.74, 6) is -0.135. The molecule has 0 spiro atoms. The number of hydrogen-bond donors (Lipinski definition) is 0. The van der Waals surface area contributed by atoms with Gasteiger partial charge in [-0.05, 0) is 11.1 Å². The average Bonchev–Trinajstić information content (AvgIpc) is 2.46. The minimum Gasteiger partial charge on any atom is -0.457 e. The lowest BCUT2D eigenvalue weighted by molar-refractivity contribution is -0.147. The van der Waals surface area contributed by atoms with E-state index in [2.05, 4.69) is 19.1 Å².